The smallest absolute Gasteiger partial charge is 0.228 e. The quantitative estimate of drug-likeness (QED) is 0.279. The summed E-state index contributed by atoms with van der Waals surface area (Å²) in [6.45, 7) is 1.35. The Labute approximate surface area is 158 Å². The van der Waals surface area contributed by atoms with Gasteiger partial charge < -0.3 is 30.2 Å². The van der Waals surface area contributed by atoms with Crippen LogP contribution in [0.15, 0.2) is 28.0 Å². The van der Waals surface area contributed by atoms with Crippen molar-refractivity contribution in [3.05, 3.63) is 30.0 Å². The molecule has 4 rings (SSSR count). The zero-order valence-corrected chi connectivity index (χ0v) is 14.8. The van der Waals surface area contributed by atoms with Gasteiger partial charge in [0.25, 0.3) is 0 Å². The number of fused-ring (bicyclic) bond motifs is 1. The lowest BCUT2D eigenvalue weighted by molar-refractivity contribution is -0.0501. The fourth-order valence-electron chi connectivity index (χ4n) is 3.02. The summed E-state index contributed by atoms with van der Waals surface area (Å²) in [5.41, 5.74) is 9.15. The Morgan fingerprint density at radius 2 is 2.14 bits per heavy atom. The molecule has 12 heteroatoms. The van der Waals surface area contributed by atoms with Crippen molar-refractivity contribution in [3.8, 4) is 0 Å². The maximum atomic E-state index is 10.4. The van der Waals surface area contributed by atoms with Gasteiger partial charge in [-0.25, -0.2) is 20.4 Å². The number of rotatable bonds is 5. The Bertz CT molecular complexity index is 1020. The van der Waals surface area contributed by atoms with Crippen LogP contribution in [0.1, 0.15) is 17.7 Å². The second-order valence-corrected chi connectivity index (χ2v) is 6.28. The van der Waals surface area contributed by atoms with Crippen molar-refractivity contribution < 1.29 is 24.5 Å². The van der Waals surface area contributed by atoms with Crippen molar-refractivity contribution in [3.63, 3.8) is 0 Å². The third-order valence-corrected chi connectivity index (χ3v) is 4.39. The number of nitrogens with zero attached hydrogens (tertiary/aromatic N) is 5. The molecule has 6 N–H and O–H groups in total. The topological polar surface area (TPSA) is 177 Å². The number of nitrogens with one attached hydrogen (secondary N) is 1. The lowest BCUT2D eigenvalue weighted by Crippen LogP contribution is -2.33. The number of aromatic nitrogens is 4. The summed E-state index contributed by atoms with van der Waals surface area (Å²) in [7, 11) is 0. The first-order valence-electron chi connectivity index (χ1n) is 8.46. The summed E-state index contributed by atoms with van der Waals surface area (Å²) in [5.74, 6) is 1.55. The van der Waals surface area contributed by atoms with Gasteiger partial charge >= 0.3 is 0 Å². The molecule has 4 atom stereocenters. The molecule has 1 fully saturated rings. The number of furan rings is 1. The molecule has 3 aromatic rings. The second kappa shape index (κ2) is 7.16. The Hall–Kier alpha value is -3.06. The zero-order chi connectivity index (χ0) is 19.8. The molecule has 28 heavy (non-hydrogen) atoms. The Balaban J connectivity index is 1.72. The van der Waals surface area contributed by atoms with Crippen molar-refractivity contribution in [2.75, 3.05) is 17.8 Å². The number of anilines is 2. The highest BCUT2D eigenvalue weighted by molar-refractivity contribution is 5.84. The molecule has 1 saturated heterocycles. The van der Waals surface area contributed by atoms with E-state index in [0.29, 0.717) is 5.76 Å². The van der Waals surface area contributed by atoms with Crippen molar-refractivity contribution in [1.82, 2.24) is 19.5 Å². The van der Waals surface area contributed by atoms with E-state index in [4.69, 9.17) is 14.9 Å². The fraction of sp³-hybridized carbons (Fsp3) is 0.375. The number of hydrogen-bond donors (Lipinski definition) is 5. The molecule has 0 bridgehead atoms. The maximum Gasteiger partial charge on any atom is 0.228 e. The third-order valence-electron chi connectivity index (χ3n) is 4.39. The number of aryl methyl sites for hydroxylation is 1. The summed E-state index contributed by atoms with van der Waals surface area (Å²) in [4.78, 5) is 12.4. The number of aliphatic hydroxyl groups is 3. The summed E-state index contributed by atoms with van der Waals surface area (Å²) < 4.78 is 12.4. The molecule has 1 aliphatic rings. The number of ether oxygens (including phenoxy) is 1. The van der Waals surface area contributed by atoms with E-state index in [-0.39, 0.29) is 22.9 Å². The molecule has 4 heterocycles. The van der Waals surface area contributed by atoms with Crippen molar-refractivity contribution in [1.29, 1.82) is 0 Å². The van der Waals surface area contributed by atoms with E-state index in [1.807, 2.05) is 6.92 Å². The molecule has 4 unspecified atom stereocenters. The van der Waals surface area contributed by atoms with Crippen LogP contribution in [0.3, 0.4) is 0 Å². The highest BCUT2D eigenvalue weighted by Crippen LogP contribution is 2.35. The minimum absolute atomic E-state index is 0.129. The molecule has 0 spiro atoms. The van der Waals surface area contributed by atoms with Crippen LogP contribution < -0.4 is 11.2 Å². The van der Waals surface area contributed by atoms with Crippen molar-refractivity contribution in [2.45, 2.75) is 31.5 Å². The third kappa shape index (κ3) is 3.07. The van der Waals surface area contributed by atoms with Gasteiger partial charge in [0, 0.05) is 0 Å². The monoisotopic (exact) mass is 389 g/mol. The average molecular weight is 389 g/mol. The molecule has 0 amide bonds. The van der Waals surface area contributed by atoms with Crippen LogP contribution >= 0.6 is 0 Å². The van der Waals surface area contributed by atoms with Gasteiger partial charge in [0.05, 0.1) is 12.8 Å². The van der Waals surface area contributed by atoms with E-state index in [0.717, 1.165) is 5.76 Å². The molecule has 12 nitrogen and oxygen atoms in total. The molecular formula is C16H19N7O5. The first-order chi connectivity index (χ1) is 13.5. The van der Waals surface area contributed by atoms with Crippen LogP contribution in [0.4, 0.5) is 11.8 Å². The molecule has 1 aliphatic heterocycles. The van der Waals surface area contributed by atoms with Gasteiger partial charge in [0.1, 0.15) is 36.2 Å². The van der Waals surface area contributed by atoms with Crippen molar-refractivity contribution in [2.24, 2.45) is 5.10 Å². The average Bonchev–Trinajstić information content (AvgIpc) is 3.33. The predicted octanol–water partition coefficient (Wildman–Crippen LogP) is -0.633. The first-order valence-corrected chi connectivity index (χ1v) is 8.46. The van der Waals surface area contributed by atoms with Gasteiger partial charge in [-0.15, -0.1) is 0 Å². The lowest BCUT2D eigenvalue weighted by atomic mass is 10.1. The maximum absolute atomic E-state index is 10.4. The van der Waals surface area contributed by atoms with Crippen LogP contribution in [0.2, 0.25) is 0 Å². The first kappa shape index (κ1) is 18.3. The SMILES string of the molecule is Cc1ccc(C=NNc2nc3c(N)ncnc3n2C2OC(CO)C(O)C2O)o1. The number of aliphatic hydroxyl groups excluding tert-OH is 3. The van der Waals surface area contributed by atoms with E-state index < -0.39 is 31.1 Å². The Morgan fingerprint density at radius 1 is 1.32 bits per heavy atom. The van der Waals surface area contributed by atoms with Crippen molar-refractivity contribution >= 4 is 29.1 Å². The zero-order valence-electron chi connectivity index (χ0n) is 14.8. The Morgan fingerprint density at radius 3 is 2.82 bits per heavy atom. The second-order valence-electron chi connectivity index (χ2n) is 6.28. The van der Waals surface area contributed by atoms with E-state index >= 15 is 0 Å². The van der Waals surface area contributed by atoms with Crippen LogP contribution in [-0.4, -0.2) is 66.0 Å². The van der Waals surface area contributed by atoms with Gasteiger partial charge in [-0.3, -0.25) is 4.57 Å². The molecule has 0 saturated carbocycles. The molecule has 0 aromatic carbocycles. The number of hydrogen-bond acceptors (Lipinski definition) is 11. The molecule has 148 valence electrons. The Kier molecular flexibility index (Phi) is 4.68. The minimum Gasteiger partial charge on any atom is -0.460 e. The van der Waals surface area contributed by atoms with E-state index in [1.54, 1.807) is 12.1 Å². The van der Waals surface area contributed by atoms with Crippen LogP contribution in [0, 0.1) is 6.92 Å². The van der Waals surface area contributed by atoms with Gasteiger partial charge in [-0.05, 0) is 19.1 Å². The largest absolute Gasteiger partial charge is 0.460 e. The number of imidazole rings is 1. The van der Waals surface area contributed by atoms with Crippen LogP contribution in [-0.2, 0) is 4.74 Å². The van der Waals surface area contributed by atoms with Crippen LogP contribution in [0.5, 0.6) is 0 Å². The highest BCUT2D eigenvalue weighted by atomic mass is 16.6. The number of nitrogens with two attached hydrogens (primary N) is 1. The summed E-state index contributed by atoms with van der Waals surface area (Å²) in [6, 6.07) is 3.55. The summed E-state index contributed by atoms with van der Waals surface area (Å²) in [5, 5.41) is 33.9. The van der Waals surface area contributed by atoms with Gasteiger partial charge in [-0.1, -0.05) is 0 Å². The molecule has 3 aromatic heterocycles. The van der Waals surface area contributed by atoms with E-state index in [1.165, 1.54) is 17.1 Å². The van der Waals surface area contributed by atoms with Gasteiger partial charge in [-0.2, -0.15) is 5.10 Å². The molecule has 0 radical (unpaired) electrons. The summed E-state index contributed by atoms with van der Waals surface area (Å²) in [6.07, 6.45) is -1.95. The highest BCUT2D eigenvalue weighted by Gasteiger charge is 2.45. The summed E-state index contributed by atoms with van der Waals surface area (Å²) >= 11 is 0. The van der Waals surface area contributed by atoms with Crippen LogP contribution in [0.25, 0.3) is 11.2 Å². The predicted molar refractivity (Wildman–Crippen MR) is 97.4 cm³/mol. The van der Waals surface area contributed by atoms with E-state index in [2.05, 4.69) is 25.5 Å². The number of nitrogen functional groups attached to an aromatic ring is 1. The lowest BCUT2D eigenvalue weighted by Gasteiger charge is -2.18. The normalized spacial score (nSPS) is 25.1. The molecule has 0 aliphatic carbocycles. The number of hydrazone groups is 1. The van der Waals surface area contributed by atoms with Gasteiger partial charge in [0.15, 0.2) is 23.2 Å². The fourth-order valence-corrected chi connectivity index (χ4v) is 3.02. The van der Waals surface area contributed by atoms with Gasteiger partial charge in [0.2, 0.25) is 5.95 Å². The minimum atomic E-state index is -1.33. The molecular weight excluding hydrogens is 370 g/mol. The standard InChI is InChI=1S/C16H19N7O5/c1-7-2-3-8(27-7)4-20-22-16-21-10-13(17)18-6-19-14(10)23(16)15-12(26)11(25)9(5-24)28-15/h2-4,6,9,11-12,15,24-26H,5H2,1H3,(H,21,22)(H2,17,18,19). The van der Waals surface area contributed by atoms with E-state index in [9.17, 15) is 15.3 Å².